The van der Waals surface area contributed by atoms with Crippen molar-refractivity contribution in [2.24, 2.45) is 0 Å². The van der Waals surface area contributed by atoms with Crippen LogP contribution in [0.2, 0.25) is 0 Å². The van der Waals surface area contributed by atoms with Crippen molar-refractivity contribution in [3.8, 4) is 11.1 Å². The van der Waals surface area contributed by atoms with Crippen LogP contribution in [0.15, 0.2) is 42.5 Å². The van der Waals surface area contributed by atoms with Gasteiger partial charge in [0, 0.05) is 5.56 Å². The summed E-state index contributed by atoms with van der Waals surface area (Å²) in [6.07, 6.45) is 5.73. The largest absolute Gasteiger partial charge is 0.206 e. The minimum atomic E-state index is -0.122. The molecule has 0 nitrogen and oxygen atoms in total. The molecule has 20 heavy (non-hydrogen) atoms. The monoisotopic (exact) mass is 270 g/mol. The molecule has 106 valence electrons. The first-order valence-electron chi connectivity index (χ1n) is 7.62. The smallest absolute Gasteiger partial charge is 0.131 e. The van der Waals surface area contributed by atoms with Crippen molar-refractivity contribution >= 4 is 0 Å². The second-order valence-corrected chi connectivity index (χ2v) is 5.32. The molecule has 0 saturated carbocycles. The molecule has 1 heteroatoms. The summed E-state index contributed by atoms with van der Waals surface area (Å²) in [5, 5.41) is 0. The molecule has 2 aromatic rings. The lowest BCUT2D eigenvalue weighted by Gasteiger charge is -2.07. The highest BCUT2D eigenvalue weighted by atomic mass is 19.1. The zero-order valence-corrected chi connectivity index (χ0v) is 12.5. The van der Waals surface area contributed by atoms with Gasteiger partial charge < -0.3 is 0 Å². The van der Waals surface area contributed by atoms with Gasteiger partial charge in [-0.15, -0.1) is 0 Å². The van der Waals surface area contributed by atoms with E-state index in [4.69, 9.17) is 0 Å². The molecule has 0 radical (unpaired) electrons. The topological polar surface area (TPSA) is 0 Å². The summed E-state index contributed by atoms with van der Waals surface area (Å²) >= 11 is 0. The van der Waals surface area contributed by atoms with E-state index in [1.807, 2.05) is 31.2 Å². The van der Waals surface area contributed by atoms with Gasteiger partial charge in [-0.3, -0.25) is 0 Å². The molecule has 0 bridgehead atoms. The highest BCUT2D eigenvalue weighted by Crippen LogP contribution is 2.24. The number of unbranched alkanes of at least 4 members (excludes halogenated alkanes) is 2. The number of hydrogen-bond donors (Lipinski definition) is 0. The predicted molar refractivity (Wildman–Crippen MR) is 84.4 cm³/mol. The SMILES string of the molecule is CCCCCc1ccc(-c2ccc(CC)cc2F)cc1. The summed E-state index contributed by atoms with van der Waals surface area (Å²) in [6.45, 7) is 4.26. The molecule has 0 amide bonds. The first-order chi connectivity index (χ1) is 9.74. The molecular formula is C19H23F. The number of rotatable bonds is 6. The van der Waals surface area contributed by atoms with Gasteiger partial charge in [0.1, 0.15) is 5.82 Å². The van der Waals surface area contributed by atoms with Gasteiger partial charge in [-0.05, 0) is 42.0 Å². The first kappa shape index (κ1) is 14.8. The van der Waals surface area contributed by atoms with Crippen molar-refractivity contribution in [2.75, 3.05) is 0 Å². The fraction of sp³-hybridized carbons (Fsp3) is 0.368. The van der Waals surface area contributed by atoms with Crippen LogP contribution >= 0.6 is 0 Å². The Morgan fingerprint density at radius 3 is 2.15 bits per heavy atom. The molecule has 0 aliphatic carbocycles. The molecule has 0 saturated heterocycles. The summed E-state index contributed by atoms with van der Waals surface area (Å²) in [7, 11) is 0. The molecule has 2 rings (SSSR count). The van der Waals surface area contributed by atoms with Crippen LogP contribution in [0.5, 0.6) is 0 Å². The van der Waals surface area contributed by atoms with E-state index in [0.717, 1.165) is 24.0 Å². The molecular weight excluding hydrogens is 247 g/mol. The van der Waals surface area contributed by atoms with E-state index in [1.165, 1.54) is 24.8 Å². The number of benzene rings is 2. The molecule has 0 aliphatic heterocycles. The third kappa shape index (κ3) is 3.69. The first-order valence-corrected chi connectivity index (χ1v) is 7.62. The van der Waals surface area contributed by atoms with E-state index >= 15 is 0 Å². The van der Waals surface area contributed by atoms with Gasteiger partial charge in [-0.25, -0.2) is 4.39 Å². The van der Waals surface area contributed by atoms with Gasteiger partial charge in [-0.1, -0.05) is 63.1 Å². The summed E-state index contributed by atoms with van der Waals surface area (Å²) in [6, 6.07) is 13.9. The van der Waals surface area contributed by atoms with E-state index in [2.05, 4.69) is 19.1 Å². The van der Waals surface area contributed by atoms with Crippen molar-refractivity contribution in [3.05, 3.63) is 59.4 Å². The molecule has 0 atom stereocenters. The van der Waals surface area contributed by atoms with Crippen LogP contribution in [0.25, 0.3) is 11.1 Å². The third-order valence-corrected chi connectivity index (χ3v) is 3.78. The highest BCUT2D eigenvalue weighted by molar-refractivity contribution is 5.64. The van der Waals surface area contributed by atoms with Crippen LogP contribution in [-0.4, -0.2) is 0 Å². The van der Waals surface area contributed by atoms with E-state index in [-0.39, 0.29) is 5.82 Å². The normalized spacial score (nSPS) is 10.8. The fourth-order valence-electron chi connectivity index (χ4n) is 2.44. The van der Waals surface area contributed by atoms with Crippen molar-refractivity contribution in [1.82, 2.24) is 0 Å². The van der Waals surface area contributed by atoms with Crippen LogP contribution < -0.4 is 0 Å². The van der Waals surface area contributed by atoms with Crippen LogP contribution in [0.3, 0.4) is 0 Å². The second kappa shape index (κ2) is 7.23. The third-order valence-electron chi connectivity index (χ3n) is 3.78. The van der Waals surface area contributed by atoms with Crippen LogP contribution in [0, 0.1) is 5.82 Å². The Morgan fingerprint density at radius 2 is 1.55 bits per heavy atom. The minimum Gasteiger partial charge on any atom is -0.206 e. The quantitative estimate of drug-likeness (QED) is 0.583. The van der Waals surface area contributed by atoms with Crippen LogP contribution in [0.4, 0.5) is 4.39 Å². The Morgan fingerprint density at radius 1 is 0.850 bits per heavy atom. The van der Waals surface area contributed by atoms with Crippen LogP contribution in [-0.2, 0) is 12.8 Å². The Labute approximate surface area is 121 Å². The minimum absolute atomic E-state index is 0.122. The van der Waals surface area contributed by atoms with E-state index in [9.17, 15) is 4.39 Å². The van der Waals surface area contributed by atoms with Crippen molar-refractivity contribution in [2.45, 2.75) is 46.0 Å². The molecule has 0 unspecified atom stereocenters. The molecule has 0 aliphatic rings. The molecule has 0 spiro atoms. The Hall–Kier alpha value is -1.63. The van der Waals surface area contributed by atoms with Gasteiger partial charge in [0.25, 0.3) is 0 Å². The Kier molecular flexibility index (Phi) is 5.34. The van der Waals surface area contributed by atoms with Gasteiger partial charge in [-0.2, -0.15) is 0 Å². The number of hydrogen-bond acceptors (Lipinski definition) is 0. The Balaban J connectivity index is 2.13. The summed E-state index contributed by atoms with van der Waals surface area (Å²) in [5.41, 5.74) is 4.04. The maximum atomic E-state index is 14.1. The average molecular weight is 270 g/mol. The van der Waals surface area contributed by atoms with Crippen molar-refractivity contribution < 1.29 is 4.39 Å². The average Bonchev–Trinajstić information content (AvgIpc) is 2.48. The van der Waals surface area contributed by atoms with Crippen molar-refractivity contribution in [1.29, 1.82) is 0 Å². The van der Waals surface area contributed by atoms with Gasteiger partial charge >= 0.3 is 0 Å². The van der Waals surface area contributed by atoms with Crippen molar-refractivity contribution in [3.63, 3.8) is 0 Å². The molecule has 0 N–H and O–H groups in total. The van der Waals surface area contributed by atoms with E-state index in [1.54, 1.807) is 6.07 Å². The van der Waals surface area contributed by atoms with E-state index < -0.39 is 0 Å². The van der Waals surface area contributed by atoms with Crippen LogP contribution in [0.1, 0.15) is 44.2 Å². The van der Waals surface area contributed by atoms with Gasteiger partial charge in [0.15, 0.2) is 0 Å². The van der Waals surface area contributed by atoms with E-state index in [0.29, 0.717) is 5.56 Å². The Bertz CT molecular complexity index is 540. The highest BCUT2D eigenvalue weighted by Gasteiger charge is 2.05. The maximum Gasteiger partial charge on any atom is 0.131 e. The molecule has 0 heterocycles. The molecule has 0 aromatic heterocycles. The lowest BCUT2D eigenvalue weighted by molar-refractivity contribution is 0.629. The molecule has 2 aromatic carbocycles. The standard InChI is InChI=1S/C19H23F/c1-3-5-6-7-16-8-11-17(12-9-16)18-13-10-15(4-2)14-19(18)20/h8-14H,3-7H2,1-2H3. The molecule has 0 fully saturated rings. The summed E-state index contributed by atoms with van der Waals surface area (Å²) in [4.78, 5) is 0. The number of halogens is 1. The zero-order chi connectivity index (χ0) is 14.4. The number of aryl methyl sites for hydroxylation is 2. The van der Waals surface area contributed by atoms with Gasteiger partial charge in [0.05, 0.1) is 0 Å². The fourth-order valence-corrected chi connectivity index (χ4v) is 2.44. The lowest BCUT2D eigenvalue weighted by Crippen LogP contribution is -1.89. The summed E-state index contributed by atoms with van der Waals surface area (Å²) in [5.74, 6) is -0.122. The lowest BCUT2D eigenvalue weighted by atomic mass is 9.99. The summed E-state index contributed by atoms with van der Waals surface area (Å²) < 4.78 is 14.1. The maximum absolute atomic E-state index is 14.1. The van der Waals surface area contributed by atoms with Gasteiger partial charge in [0.2, 0.25) is 0 Å². The zero-order valence-electron chi connectivity index (χ0n) is 12.5. The predicted octanol–water partition coefficient (Wildman–Crippen LogP) is 5.79. The second-order valence-electron chi connectivity index (χ2n) is 5.32.